The molecule has 4 heteroatoms. The van der Waals surface area contributed by atoms with Gasteiger partial charge in [-0.05, 0) is 6.42 Å². The fourth-order valence-electron chi connectivity index (χ4n) is 1.15. The minimum atomic E-state index is -0.0975. The van der Waals surface area contributed by atoms with Crippen LogP contribution in [0.5, 0.6) is 0 Å². The van der Waals surface area contributed by atoms with E-state index in [1.165, 1.54) is 0 Å². The molecule has 0 radical (unpaired) electrons. The number of nitrogens with one attached hydrogen (secondary N) is 1. The first-order valence-corrected chi connectivity index (χ1v) is 5.71. The SMILES string of the molecule is C=CCCNc1cc(Cl)nc(C(C)(C)C)n1. The lowest BCUT2D eigenvalue weighted by molar-refractivity contribution is 0.546. The summed E-state index contributed by atoms with van der Waals surface area (Å²) in [6.45, 7) is 10.7. The minimum Gasteiger partial charge on any atom is -0.370 e. The highest BCUT2D eigenvalue weighted by Gasteiger charge is 2.18. The summed E-state index contributed by atoms with van der Waals surface area (Å²) in [5.74, 6) is 1.52. The van der Waals surface area contributed by atoms with Gasteiger partial charge < -0.3 is 5.32 Å². The second-order valence-corrected chi connectivity index (χ2v) is 5.04. The van der Waals surface area contributed by atoms with Gasteiger partial charge in [0.1, 0.15) is 16.8 Å². The second kappa shape index (κ2) is 5.30. The monoisotopic (exact) mass is 239 g/mol. The Kier molecular flexibility index (Phi) is 4.30. The Morgan fingerprint density at radius 3 is 2.69 bits per heavy atom. The van der Waals surface area contributed by atoms with E-state index in [0.29, 0.717) is 5.15 Å². The van der Waals surface area contributed by atoms with Gasteiger partial charge in [0.2, 0.25) is 0 Å². The Bertz CT molecular complexity index is 369. The minimum absolute atomic E-state index is 0.0975. The first-order valence-electron chi connectivity index (χ1n) is 5.33. The highest BCUT2D eigenvalue weighted by atomic mass is 35.5. The van der Waals surface area contributed by atoms with Gasteiger partial charge in [-0.2, -0.15) is 0 Å². The summed E-state index contributed by atoms with van der Waals surface area (Å²) in [5, 5.41) is 3.67. The van der Waals surface area contributed by atoms with Crippen LogP contribution in [0.3, 0.4) is 0 Å². The Morgan fingerprint density at radius 1 is 1.44 bits per heavy atom. The van der Waals surface area contributed by atoms with E-state index in [4.69, 9.17) is 11.6 Å². The summed E-state index contributed by atoms with van der Waals surface area (Å²) in [6, 6.07) is 1.74. The topological polar surface area (TPSA) is 37.8 Å². The lowest BCUT2D eigenvalue weighted by atomic mass is 9.96. The maximum atomic E-state index is 5.96. The number of anilines is 1. The van der Waals surface area contributed by atoms with Gasteiger partial charge in [0.05, 0.1) is 0 Å². The van der Waals surface area contributed by atoms with Crippen molar-refractivity contribution in [1.82, 2.24) is 9.97 Å². The number of rotatable bonds is 4. The molecule has 1 N–H and O–H groups in total. The highest BCUT2D eigenvalue weighted by molar-refractivity contribution is 6.29. The lowest BCUT2D eigenvalue weighted by Crippen LogP contribution is -2.17. The molecular formula is C12H18ClN3. The van der Waals surface area contributed by atoms with E-state index >= 15 is 0 Å². The van der Waals surface area contributed by atoms with E-state index in [1.807, 2.05) is 6.08 Å². The van der Waals surface area contributed by atoms with Crippen molar-refractivity contribution in [2.24, 2.45) is 0 Å². The molecule has 0 fully saturated rings. The van der Waals surface area contributed by atoms with Gasteiger partial charge in [-0.3, -0.25) is 0 Å². The fourth-order valence-corrected chi connectivity index (χ4v) is 1.33. The molecule has 0 bridgehead atoms. The Labute approximate surface area is 102 Å². The molecule has 0 amide bonds. The Balaban J connectivity index is 2.86. The number of hydrogen-bond acceptors (Lipinski definition) is 3. The third kappa shape index (κ3) is 3.81. The summed E-state index contributed by atoms with van der Waals surface area (Å²) in [6.07, 6.45) is 2.76. The van der Waals surface area contributed by atoms with Crippen molar-refractivity contribution in [2.45, 2.75) is 32.6 Å². The molecule has 16 heavy (non-hydrogen) atoms. The largest absolute Gasteiger partial charge is 0.370 e. The van der Waals surface area contributed by atoms with Crippen molar-refractivity contribution in [1.29, 1.82) is 0 Å². The summed E-state index contributed by atoms with van der Waals surface area (Å²) in [5.41, 5.74) is -0.0975. The number of halogens is 1. The van der Waals surface area contributed by atoms with Gasteiger partial charge in [-0.15, -0.1) is 6.58 Å². The summed E-state index contributed by atoms with van der Waals surface area (Å²) < 4.78 is 0. The molecular weight excluding hydrogens is 222 g/mol. The standard InChI is InChI=1S/C12H18ClN3/c1-5-6-7-14-10-8-9(13)15-11(16-10)12(2,3)4/h5,8H,1,6-7H2,2-4H3,(H,14,15,16). The average molecular weight is 240 g/mol. The Hall–Kier alpha value is -1.09. The fraction of sp³-hybridized carbons (Fsp3) is 0.500. The molecule has 0 saturated carbocycles. The molecule has 0 unspecified atom stereocenters. The molecule has 3 nitrogen and oxygen atoms in total. The van der Waals surface area contributed by atoms with Gasteiger partial charge in [0.25, 0.3) is 0 Å². The third-order valence-electron chi connectivity index (χ3n) is 2.02. The molecule has 1 rings (SSSR count). The normalized spacial score (nSPS) is 11.2. The molecule has 1 aromatic rings. The van der Waals surface area contributed by atoms with Crippen molar-refractivity contribution in [3.05, 3.63) is 29.7 Å². The summed E-state index contributed by atoms with van der Waals surface area (Å²) in [4.78, 5) is 8.66. The molecule has 88 valence electrons. The number of hydrogen-bond donors (Lipinski definition) is 1. The second-order valence-electron chi connectivity index (χ2n) is 4.65. The van der Waals surface area contributed by atoms with E-state index in [9.17, 15) is 0 Å². The third-order valence-corrected chi connectivity index (χ3v) is 2.21. The molecule has 0 aromatic carbocycles. The summed E-state index contributed by atoms with van der Waals surface area (Å²) in [7, 11) is 0. The molecule has 1 aromatic heterocycles. The first kappa shape index (κ1) is 13.0. The predicted octanol–water partition coefficient (Wildman–Crippen LogP) is 3.42. The van der Waals surface area contributed by atoms with Gasteiger partial charge in [-0.25, -0.2) is 9.97 Å². The van der Waals surface area contributed by atoms with Gasteiger partial charge in [0, 0.05) is 18.0 Å². The van der Waals surface area contributed by atoms with E-state index in [0.717, 1.165) is 24.6 Å². The zero-order valence-electron chi connectivity index (χ0n) is 10.0. The molecule has 0 atom stereocenters. The van der Waals surface area contributed by atoms with Crippen molar-refractivity contribution in [2.75, 3.05) is 11.9 Å². The van der Waals surface area contributed by atoms with Crippen molar-refractivity contribution < 1.29 is 0 Å². The van der Waals surface area contributed by atoms with Crippen LogP contribution in [0.4, 0.5) is 5.82 Å². The van der Waals surface area contributed by atoms with E-state index < -0.39 is 0 Å². The number of aromatic nitrogens is 2. The van der Waals surface area contributed by atoms with Crippen molar-refractivity contribution in [3.8, 4) is 0 Å². The predicted molar refractivity (Wildman–Crippen MR) is 69.0 cm³/mol. The zero-order chi connectivity index (χ0) is 12.2. The molecule has 0 spiro atoms. The zero-order valence-corrected chi connectivity index (χ0v) is 10.8. The average Bonchev–Trinajstić information content (AvgIpc) is 2.16. The van der Waals surface area contributed by atoms with Crippen LogP contribution in [-0.4, -0.2) is 16.5 Å². The quantitative estimate of drug-likeness (QED) is 0.497. The van der Waals surface area contributed by atoms with Crippen LogP contribution in [0.15, 0.2) is 18.7 Å². The summed E-state index contributed by atoms with van der Waals surface area (Å²) >= 11 is 5.96. The van der Waals surface area contributed by atoms with Crippen LogP contribution in [-0.2, 0) is 5.41 Å². The van der Waals surface area contributed by atoms with Crippen LogP contribution >= 0.6 is 11.6 Å². The maximum Gasteiger partial charge on any atom is 0.137 e. The molecule has 0 aliphatic carbocycles. The van der Waals surface area contributed by atoms with Crippen LogP contribution < -0.4 is 5.32 Å². The van der Waals surface area contributed by atoms with E-state index in [2.05, 4.69) is 42.6 Å². The van der Waals surface area contributed by atoms with E-state index in [-0.39, 0.29) is 5.41 Å². The van der Waals surface area contributed by atoms with Crippen molar-refractivity contribution >= 4 is 17.4 Å². The lowest BCUT2D eigenvalue weighted by Gasteiger charge is -2.17. The molecule has 0 saturated heterocycles. The molecule has 0 aliphatic rings. The van der Waals surface area contributed by atoms with Crippen LogP contribution in [0.1, 0.15) is 33.0 Å². The maximum absolute atomic E-state index is 5.96. The highest BCUT2D eigenvalue weighted by Crippen LogP contribution is 2.22. The first-order chi connectivity index (χ1) is 7.43. The van der Waals surface area contributed by atoms with Crippen LogP contribution in [0, 0.1) is 0 Å². The van der Waals surface area contributed by atoms with Gasteiger partial charge in [-0.1, -0.05) is 38.4 Å². The van der Waals surface area contributed by atoms with Crippen LogP contribution in [0.2, 0.25) is 5.15 Å². The van der Waals surface area contributed by atoms with Crippen LogP contribution in [0.25, 0.3) is 0 Å². The number of nitrogens with zero attached hydrogens (tertiary/aromatic N) is 2. The molecule has 1 heterocycles. The van der Waals surface area contributed by atoms with Gasteiger partial charge >= 0.3 is 0 Å². The Morgan fingerprint density at radius 2 is 2.12 bits per heavy atom. The van der Waals surface area contributed by atoms with E-state index in [1.54, 1.807) is 6.07 Å². The van der Waals surface area contributed by atoms with Crippen molar-refractivity contribution in [3.63, 3.8) is 0 Å². The van der Waals surface area contributed by atoms with Gasteiger partial charge in [0.15, 0.2) is 0 Å². The molecule has 0 aliphatic heterocycles. The smallest absolute Gasteiger partial charge is 0.137 e.